The van der Waals surface area contributed by atoms with E-state index >= 15 is 0 Å². The third kappa shape index (κ3) is 4.85. The van der Waals surface area contributed by atoms with Crippen LogP contribution in [-0.2, 0) is 16.6 Å². The number of rotatable bonds is 7. The number of nitrogens with zero attached hydrogens (tertiary/aromatic N) is 3. The van der Waals surface area contributed by atoms with Crippen molar-refractivity contribution in [1.29, 1.82) is 0 Å². The summed E-state index contributed by atoms with van der Waals surface area (Å²) in [5.74, 6) is -0.655. The minimum atomic E-state index is -0.852. The summed E-state index contributed by atoms with van der Waals surface area (Å²) in [6.45, 7) is 0. The summed E-state index contributed by atoms with van der Waals surface area (Å²) in [6.07, 6.45) is 9.87. The molecule has 2 saturated carbocycles. The highest BCUT2D eigenvalue weighted by Gasteiger charge is 2.34. The molecule has 0 aliphatic heterocycles. The van der Waals surface area contributed by atoms with E-state index in [2.05, 4.69) is 15.0 Å². The average molecular weight is 477 g/mol. The van der Waals surface area contributed by atoms with Crippen LogP contribution in [0, 0.1) is 5.92 Å². The second-order valence-electron chi connectivity index (χ2n) is 9.18. The van der Waals surface area contributed by atoms with Crippen molar-refractivity contribution in [3.63, 3.8) is 0 Å². The van der Waals surface area contributed by atoms with E-state index in [9.17, 15) is 19.5 Å². The summed E-state index contributed by atoms with van der Waals surface area (Å²) >= 11 is 1.12. The lowest BCUT2D eigenvalue weighted by molar-refractivity contribution is -0.120. The van der Waals surface area contributed by atoms with Gasteiger partial charge in [0, 0.05) is 18.3 Å². The Morgan fingerprint density at radius 3 is 2.55 bits per heavy atom. The van der Waals surface area contributed by atoms with Crippen LogP contribution in [0.4, 0.5) is 5.13 Å². The highest BCUT2D eigenvalue weighted by atomic mass is 32.1. The van der Waals surface area contributed by atoms with Crippen LogP contribution < -0.4 is 11.0 Å². The Kier molecular flexibility index (Phi) is 7.21. The van der Waals surface area contributed by atoms with Crippen molar-refractivity contribution in [2.75, 3.05) is 12.4 Å². The lowest BCUT2D eigenvalue weighted by Gasteiger charge is -2.23. The van der Waals surface area contributed by atoms with E-state index < -0.39 is 17.9 Å². The van der Waals surface area contributed by atoms with E-state index in [1.165, 1.54) is 28.0 Å². The second-order valence-corrected chi connectivity index (χ2v) is 10.0. The molecule has 2 heterocycles. The fourth-order valence-corrected chi connectivity index (χ4v) is 6.03. The predicted octanol–water partition coefficient (Wildman–Crippen LogP) is 3.94. The Bertz CT molecular complexity index is 1060. The highest BCUT2D eigenvalue weighted by molar-refractivity contribution is 7.14. The summed E-state index contributed by atoms with van der Waals surface area (Å²) in [7, 11) is 2.95. The number of carbonyl (C=O) groups is 2. The maximum absolute atomic E-state index is 13.4. The van der Waals surface area contributed by atoms with Gasteiger partial charge in [0.15, 0.2) is 10.8 Å². The number of hydrogen-bond acceptors (Lipinski definition) is 7. The monoisotopic (exact) mass is 476 g/mol. The minimum Gasteiger partial charge on any atom is -0.493 e. The van der Waals surface area contributed by atoms with Crippen LogP contribution in [0.2, 0.25) is 0 Å². The van der Waals surface area contributed by atoms with E-state index in [4.69, 9.17) is 0 Å². The number of aromatic hydroxyl groups is 1. The van der Waals surface area contributed by atoms with Gasteiger partial charge in [-0.15, -0.1) is 11.3 Å². The number of methoxy groups -OCH3 is 1. The normalized spacial score (nSPS) is 18.4. The molecule has 1 amide bonds. The van der Waals surface area contributed by atoms with Gasteiger partial charge in [-0.3, -0.25) is 13.9 Å². The van der Waals surface area contributed by atoms with Crippen LogP contribution in [0.15, 0.2) is 10.2 Å². The van der Waals surface area contributed by atoms with Crippen molar-refractivity contribution in [3.05, 3.63) is 27.3 Å². The molecule has 1 atom stereocenters. The van der Waals surface area contributed by atoms with Gasteiger partial charge in [-0.2, -0.15) is 0 Å². The Morgan fingerprint density at radius 1 is 1.21 bits per heavy atom. The molecule has 2 aliphatic rings. The largest absolute Gasteiger partial charge is 0.493 e. The first-order valence-corrected chi connectivity index (χ1v) is 12.6. The Balaban J connectivity index is 1.65. The van der Waals surface area contributed by atoms with Crippen molar-refractivity contribution in [2.24, 2.45) is 13.0 Å². The highest BCUT2D eigenvalue weighted by Crippen LogP contribution is 2.39. The van der Waals surface area contributed by atoms with Crippen LogP contribution in [-0.4, -0.2) is 38.2 Å². The first-order valence-electron chi connectivity index (χ1n) is 11.8. The molecular formula is C23H32N4O5S. The van der Waals surface area contributed by atoms with Gasteiger partial charge in [-0.05, 0) is 25.2 Å². The zero-order valence-electron chi connectivity index (χ0n) is 19.2. The van der Waals surface area contributed by atoms with Crippen LogP contribution in [0.5, 0.6) is 5.88 Å². The second kappa shape index (κ2) is 10.1. The predicted molar refractivity (Wildman–Crippen MR) is 125 cm³/mol. The summed E-state index contributed by atoms with van der Waals surface area (Å²) < 4.78 is 7.46. The Hall–Kier alpha value is -2.62. The van der Waals surface area contributed by atoms with Crippen molar-refractivity contribution in [2.45, 2.75) is 76.2 Å². The lowest BCUT2D eigenvalue weighted by Crippen LogP contribution is -2.34. The molecule has 33 heavy (non-hydrogen) atoms. The van der Waals surface area contributed by atoms with Crippen molar-refractivity contribution < 1.29 is 19.4 Å². The molecule has 2 aromatic heterocycles. The molecule has 2 fully saturated rings. The van der Waals surface area contributed by atoms with Gasteiger partial charge >= 0.3 is 11.7 Å². The lowest BCUT2D eigenvalue weighted by atomic mass is 9.87. The molecule has 180 valence electrons. The van der Waals surface area contributed by atoms with Crippen molar-refractivity contribution in [1.82, 2.24) is 14.1 Å². The van der Waals surface area contributed by atoms with Gasteiger partial charge in [0.2, 0.25) is 11.8 Å². The van der Waals surface area contributed by atoms with Crippen molar-refractivity contribution in [3.8, 4) is 5.88 Å². The molecule has 0 bridgehead atoms. The Labute approximate surface area is 196 Å². The quantitative estimate of drug-likeness (QED) is 0.585. The van der Waals surface area contributed by atoms with Gasteiger partial charge < -0.3 is 15.2 Å². The summed E-state index contributed by atoms with van der Waals surface area (Å²) in [6, 6.07) is -0.852. The summed E-state index contributed by atoms with van der Waals surface area (Å²) in [5.41, 5.74) is 0.371. The molecule has 2 aromatic rings. The topological polar surface area (TPSA) is 115 Å². The molecule has 0 spiro atoms. The van der Waals surface area contributed by atoms with E-state index in [1.54, 1.807) is 7.05 Å². The number of nitrogens with one attached hydrogen (secondary N) is 1. The van der Waals surface area contributed by atoms with Crippen LogP contribution >= 0.6 is 11.3 Å². The van der Waals surface area contributed by atoms with Crippen molar-refractivity contribution >= 4 is 28.3 Å². The van der Waals surface area contributed by atoms with E-state index in [0.717, 1.165) is 62.7 Å². The fraction of sp³-hybridized carbons (Fsp3) is 0.652. The number of esters is 1. The number of ether oxygens (including phenoxy) is 1. The first-order chi connectivity index (χ1) is 15.9. The number of carbonyl (C=O) groups excluding carboxylic acids is 2. The molecule has 0 aromatic carbocycles. The number of thiazole rings is 1. The summed E-state index contributed by atoms with van der Waals surface area (Å²) in [5, 5.41) is 15.7. The molecular weight excluding hydrogens is 444 g/mol. The smallest absolute Gasteiger partial charge is 0.357 e. The van der Waals surface area contributed by atoms with Gasteiger partial charge in [-0.1, -0.05) is 44.9 Å². The molecule has 0 unspecified atom stereocenters. The molecule has 2 aliphatic carbocycles. The number of anilines is 1. The first kappa shape index (κ1) is 23.5. The third-order valence-electron chi connectivity index (χ3n) is 7.08. The van der Waals surface area contributed by atoms with E-state index in [1.807, 2.05) is 0 Å². The maximum Gasteiger partial charge on any atom is 0.357 e. The average Bonchev–Trinajstić information content (AvgIpc) is 3.54. The van der Waals surface area contributed by atoms with Gasteiger partial charge in [0.05, 0.1) is 12.8 Å². The zero-order chi connectivity index (χ0) is 23.5. The summed E-state index contributed by atoms with van der Waals surface area (Å²) in [4.78, 5) is 42.5. The molecule has 2 N–H and O–H groups in total. The zero-order valence-corrected chi connectivity index (χ0v) is 20.0. The number of amides is 1. The van der Waals surface area contributed by atoms with Crippen LogP contribution in [0.25, 0.3) is 0 Å². The van der Waals surface area contributed by atoms with E-state index in [-0.39, 0.29) is 28.3 Å². The van der Waals surface area contributed by atoms with Gasteiger partial charge in [-0.25, -0.2) is 14.6 Å². The number of imidazole rings is 1. The number of aromatic nitrogens is 3. The van der Waals surface area contributed by atoms with Crippen LogP contribution in [0.3, 0.4) is 0 Å². The van der Waals surface area contributed by atoms with Crippen LogP contribution in [0.1, 0.15) is 92.4 Å². The maximum atomic E-state index is 13.4. The standard InChI is InChI=1S/C23H32N4O5S/c1-26-18(15-10-4-3-5-11-15)20(29)27(23(26)31)17(12-14-8-6-7-9-14)19(28)25-22-24-16(13-33-22)21(30)32-2/h13-15,17,29H,3-12H2,1-2H3,(H,24,25,28)/t17-/m0/s1. The molecule has 0 radical (unpaired) electrons. The molecule has 10 heteroatoms. The fourth-order valence-electron chi connectivity index (χ4n) is 5.35. The molecule has 9 nitrogen and oxygen atoms in total. The number of hydrogen-bond donors (Lipinski definition) is 2. The Morgan fingerprint density at radius 2 is 1.88 bits per heavy atom. The molecule has 0 saturated heterocycles. The van der Waals surface area contributed by atoms with Gasteiger partial charge in [0.1, 0.15) is 6.04 Å². The van der Waals surface area contributed by atoms with E-state index in [0.29, 0.717) is 18.0 Å². The van der Waals surface area contributed by atoms with Gasteiger partial charge in [0.25, 0.3) is 0 Å². The molecule has 4 rings (SSSR count). The SMILES string of the molecule is COC(=O)c1csc(NC(=O)[C@H](CC2CCCC2)n2c(O)c(C3CCCCC3)n(C)c2=O)n1. The third-order valence-corrected chi connectivity index (χ3v) is 7.84. The minimum absolute atomic E-state index is 0.0954.